The second-order valence-electron chi connectivity index (χ2n) is 10.3. The highest BCUT2D eigenvalue weighted by atomic mass is 14.9. The summed E-state index contributed by atoms with van der Waals surface area (Å²) in [5, 5.41) is 23.0. The van der Waals surface area contributed by atoms with Gasteiger partial charge in [-0.3, -0.25) is 0 Å². The molecule has 0 amide bonds. The van der Waals surface area contributed by atoms with Crippen LogP contribution >= 0.6 is 0 Å². The van der Waals surface area contributed by atoms with E-state index in [2.05, 4.69) is 56.3 Å². The molecule has 188 valence electrons. The van der Waals surface area contributed by atoms with Gasteiger partial charge in [-0.2, -0.15) is 10.5 Å². The van der Waals surface area contributed by atoms with Crippen LogP contribution in [-0.2, 0) is 6.42 Å². The Morgan fingerprint density at radius 2 is 1.02 bits per heavy atom. The Morgan fingerprint density at radius 1 is 0.561 bits per heavy atom. The fourth-order valence-corrected chi connectivity index (χ4v) is 6.18. The summed E-state index contributed by atoms with van der Waals surface area (Å²) in [4.78, 5) is 26.8. The molecule has 5 aromatic heterocycles. The van der Waals surface area contributed by atoms with E-state index in [1.165, 1.54) is 0 Å². The van der Waals surface area contributed by atoms with Crippen LogP contribution in [0.5, 0.6) is 0 Å². The quantitative estimate of drug-likeness (QED) is 0.213. The Labute approximate surface area is 231 Å². The van der Waals surface area contributed by atoms with Gasteiger partial charge in [0, 0.05) is 50.5 Å². The maximum absolute atomic E-state index is 9.69. The first kappa shape index (κ1) is 21.8. The van der Waals surface area contributed by atoms with Crippen LogP contribution in [0.4, 0.5) is 0 Å². The van der Waals surface area contributed by atoms with E-state index in [0.717, 1.165) is 72.9 Å². The number of fused-ring (bicyclic) bond motifs is 9. The van der Waals surface area contributed by atoms with Gasteiger partial charge in [-0.1, -0.05) is 36.4 Å². The van der Waals surface area contributed by atoms with E-state index in [-0.39, 0.29) is 11.4 Å². The minimum atomic E-state index is -0.00870. The fourth-order valence-electron chi connectivity index (χ4n) is 6.18. The van der Waals surface area contributed by atoms with E-state index in [4.69, 9.17) is 9.97 Å². The lowest BCUT2D eigenvalue weighted by atomic mass is 10.0. The second-order valence-corrected chi connectivity index (χ2v) is 10.3. The number of aromatic amines is 2. The van der Waals surface area contributed by atoms with Gasteiger partial charge in [0.25, 0.3) is 0 Å². The molecule has 8 nitrogen and oxygen atoms in total. The van der Waals surface area contributed by atoms with E-state index in [1.54, 1.807) is 0 Å². The molecule has 0 aliphatic carbocycles. The number of para-hydroxylation sites is 2. The third-order valence-corrected chi connectivity index (χ3v) is 7.99. The Bertz CT molecular complexity index is 2360. The summed E-state index contributed by atoms with van der Waals surface area (Å²) in [6, 6.07) is 28.7. The molecule has 0 unspecified atom stereocenters. The van der Waals surface area contributed by atoms with E-state index < -0.39 is 0 Å². The van der Waals surface area contributed by atoms with Gasteiger partial charge in [0.2, 0.25) is 0 Å². The zero-order valence-corrected chi connectivity index (χ0v) is 21.3. The van der Waals surface area contributed by atoms with Crippen LogP contribution in [0.25, 0.3) is 77.2 Å². The lowest BCUT2D eigenvalue weighted by Gasteiger charge is -2.12. The first-order valence-corrected chi connectivity index (χ1v) is 13.2. The summed E-state index contributed by atoms with van der Waals surface area (Å²) < 4.78 is 0. The van der Waals surface area contributed by atoms with Gasteiger partial charge >= 0.3 is 0 Å². The number of nitriles is 2. The maximum atomic E-state index is 9.69. The second kappa shape index (κ2) is 7.72. The van der Waals surface area contributed by atoms with Gasteiger partial charge in [-0.25, -0.2) is 19.9 Å². The van der Waals surface area contributed by atoms with Gasteiger partial charge in [0.15, 0.2) is 11.4 Å². The van der Waals surface area contributed by atoms with Crippen LogP contribution in [0, 0.1) is 22.7 Å². The minimum absolute atomic E-state index is 0.00870. The number of nitrogens with zero attached hydrogens (tertiary/aromatic N) is 6. The molecule has 2 N–H and O–H groups in total. The Morgan fingerprint density at radius 3 is 1.49 bits per heavy atom. The van der Waals surface area contributed by atoms with Crippen molar-refractivity contribution in [2.45, 2.75) is 6.42 Å². The van der Waals surface area contributed by atoms with Gasteiger partial charge < -0.3 is 9.97 Å². The topological polar surface area (TPSA) is 131 Å². The molecular weight excluding hydrogens is 508 g/mol. The van der Waals surface area contributed by atoms with Crippen molar-refractivity contribution in [3.63, 3.8) is 0 Å². The van der Waals surface area contributed by atoms with Crippen molar-refractivity contribution in [3.8, 4) is 34.7 Å². The molecule has 8 bridgehead atoms. The predicted octanol–water partition coefficient (Wildman–Crippen LogP) is 6.67. The summed E-state index contributed by atoms with van der Waals surface area (Å²) in [7, 11) is 0. The van der Waals surface area contributed by atoms with Crippen LogP contribution in [0.1, 0.15) is 22.8 Å². The van der Waals surface area contributed by atoms with E-state index in [1.807, 2.05) is 48.5 Å². The zero-order valence-electron chi connectivity index (χ0n) is 21.3. The maximum Gasteiger partial charge on any atom is 0.177 e. The molecule has 1 aliphatic rings. The summed E-state index contributed by atoms with van der Waals surface area (Å²) >= 11 is 0. The number of H-pyrrole nitrogens is 2. The molecule has 3 aromatic carbocycles. The zero-order chi connectivity index (χ0) is 27.2. The van der Waals surface area contributed by atoms with Crippen LogP contribution < -0.4 is 0 Å². The fraction of sp³-hybridized carbons (Fsp3) is 0.0303. The summed E-state index contributed by atoms with van der Waals surface area (Å²) in [5.41, 5.74) is 10.2. The van der Waals surface area contributed by atoms with Crippen LogP contribution in [0.15, 0.2) is 72.8 Å². The molecule has 41 heavy (non-hydrogen) atoms. The highest BCUT2D eigenvalue weighted by Gasteiger charge is 2.20. The van der Waals surface area contributed by atoms with Crippen molar-refractivity contribution in [2.24, 2.45) is 0 Å². The number of aromatic nitrogens is 6. The SMILES string of the molecule is N#Cc1nc2c3ccc4nc3c3nc(ccc3c2nc1C#N)-c1cccc2cc([nH]c12)Cc1cc2cccc-4c2[nH]1. The van der Waals surface area contributed by atoms with Gasteiger partial charge in [0.05, 0.1) is 33.5 Å². The number of hydrogen-bond donors (Lipinski definition) is 2. The third-order valence-electron chi connectivity index (χ3n) is 7.99. The van der Waals surface area contributed by atoms with Crippen molar-refractivity contribution in [1.29, 1.82) is 10.5 Å². The summed E-state index contributed by atoms with van der Waals surface area (Å²) in [5.74, 6) is 0. The number of benzene rings is 3. The van der Waals surface area contributed by atoms with Crippen molar-refractivity contribution in [2.75, 3.05) is 0 Å². The minimum Gasteiger partial charge on any atom is -0.358 e. The van der Waals surface area contributed by atoms with Gasteiger partial charge in [-0.05, 0) is 36.4 Å². The standard InChI is InChI=1S/C33H16N8/c34-14-26-27(15-35)41-33-23-8-10-25-21-6-2-4-17-12-19(37-29(17)21)13-18-11-16-3-1-5-20(28(16)36-18)24-9-7-22(32(33)40-26)30(38-24)31(23)39-25/h1-12,36-37H,13H2. The van der Waals surface area contributed by atoms with Crippen LogP contribution in [0.2, 0.25) is 0 Å². The number of pyridine rings is 2. The third kappa shape index (κ3) is 2.96. The Kier molecular flexibility index (Phi) is 4.10. The summed E-state index contributed by atoms with van der Waals surface area (Å²) in [6.45, 7) is 0. The highest BCUT2D eigenvalue weighted by molar-refractivity contribution is 6.21. The highest BCUT2D eigenvalue weighted by Crippen LogP contribution is 2.37. The molecule has 0 fully saturated rings. The molecule has 6 heterocycles. The number of nitrogens with one attached hydrogen (secondary N) is 2. The van der Waals surface area contributed by atoms with E-state index in [9.17, 15) is 10.5 Å². The Balaban J connectivity index is 1.50. The average molecular weight is 525 g/mol. The lowest BCUT2D eigenvalue weighted by Crippen LogP contribution is -2.00. The summed E-state index contributed by atoms with van der Waals surface area (Å²) in [6.07, 6.45) is 0.729. The molecule has 0 atom stereocenters. The first-order chi connectivity index (χ1) is 20.2. The molecule has 0 saturated carbocycles. The average Bonchev–Trinajstić information content (AvgIpc) is 3.62. The monoisotopic (exact) mass is 524 g/mol. The Hall–Kier alpha value is -6.12. The normalized spacial score (nSPS) is 12.2. The van der Waals surface area contributed by atoms with Crippen LogP contribution in [0.3, 0.4) is 0 Å². The predicted molar refractivity (Wildman–Crippen MR) is 157 cm³/mol. The molecule has 8 heteroatoms. The van der Waals surface area contributed by atoms with Crippen molar-refractivity contribution >= 4 is 54.6 Å². The van der Waals surface area contributed by atoms with Crippen molar-refractivity contribution in [3.05, 3.63) is 95.6 Å². The van der Waals surface area contributed by atoms with E-state index in [0.29, 0.717) is 22.1 Å². The molecule has 0 saturated heterocycles. The molecule has 0 radical (unpaired) electrons. The van der Waals surface area contributed by atoms with Crippen molar-refractivity contribution < 1.29 is 0 Å². The van der Waals surface area contributed by atoms with Gasteiger partial charge in [-0.15, -0.1) is 0 Å². The molecule has 8 aromatic rings. The van der Waals surface area contributed by atoms with Crippen LogP contribution in [-0.4, -0.2) is 29.9 Å². The smallest absolute Gasteiger partial charge is 0.177 e. The first-order valence-electron chi connectivity index (χ1n) is 13.2. The number of hydrogen-bond acceptors (Lipinski definition) is 6. The molecular formula is C33H16N8. The molecule has 9 rings (SSSR count). The lowest BCUT2D eigenvalue weighted by molar-refractivity contribution is 1.07. The van der Waals surface area contributed by atoms with Crippen molar-refractivity contribution in [1.82, 2.24) is 29.9 Å². The van der Waals surface area contributed by atoms with Gasteiger partial charge in [0.1, 0.15) is 23.2 Å². The largest absolute Gasteiger partial charge is 0.358 e. The number of rotatable bonds is 0. The van der Waals surface area contributed by atoms with E-state index >= 15 is 0 Å². The molecule has 0 spiro atoms. The molecule has 1 aliphatic heterocycles.